The predicted molar refractivity (Wildman–Crippen MR) is 62.7 cm³/mol. The molecule has 0 saturated heterocycles. The lowest BCUT2D eigenvalue weighted by Gasteiger charge is -2.04. The first kappa shape index (κ1) is 11.3. The summed E-state index contributed by atoms with van der Waals surface area (Å²) >= 11 is 0. The molecular weight excluding hydrogens is 214 g/mol. The third-order valence-corrected chi connectivity index (χ3v) is 2.50. The number of benzene rings is 1. The minimum absolute atomic E-state index is 0.677. The Kier molecular flexibility index (Phi) is 3.48. The van der Waals surface area contributed by atoms with Gasteiger partial charge in [-0.2, -0.15) is 10.4 Å². The van der Waals surface area contributed by atoms with Crippen molar-refractivity contribution in [2.75, 3.05) is 0 Å². The van der Waals surface area contributed by atoms with Gasteiger partial charge in [0.25, 0.3) is 0 Å². The van der Waals surface area contributed by atoms with Crippen molar-refractivity contribution in [2.45, 2.75) is 13.1 Å². The van der Waals surface area contributed by atoms with Gasteiger partial charge in [-0.15, -0.1) is 0 Å². The van der Waals surface area contributed by atoms with Gasteiger partial charge in [-0.05, 0) is 17.7 Å². The van der Waals surface area contributed by atoms with E-state index in [-0.39, 0.29) is 0 Å². The first-order chi connectivity index (χ1) is 8.29. The maximum Gasteiger partial charge on any atom is 0.140 e. The van der Waals surface area contributed by atoms with Crippen LogP contribution in [0.5, 0.6) is 0 Å². The molecule has 5 heteroatoms. The van der Waals surface area contributed by atoms with E-state index in [9.17, 15) is 0 Å². The molecule has 0 aliphatic carbocycles. The quantitative estimate of drug-likeness (QED) is 0.845. The van der Waals surface area contributed by atoms with Gasteiger partial charge in [-0.25, -0.2) is 4.98 Å². The molecule has 0 atom stereocenters. The zero-order chi connectivity index (χ0) is 12.1. The number of hydrogen-bond acceptors (Lipinski definition) is 4. The number of hydrogen-bond donors (Lipinski definition) is 1. The van der Waals surface area contributed by atoms with Crippen molar-refractivity contribution < 1.29 is 0 Å². The molecule has 1 N–H and O–H groups in total. The molecule has 1 aromatic carbocycles. The van der Waals surface area contributed by atoms with Gasteiger partial charge in [0.05, 0.1) is 18.2 Å². The van der Waals surface area contributed by atoms with Gasteiger partial charge in [-0.3, -0.25) is 4.68 Å². The zero-order valence-electron chi connectivity index (χ0n) is 9.59. The molecule has 0 aliphatic rings. The Labute approximate surface area is 99.7 Å². The Hall–Kier alpha value is -2.19. The Morgan fingerprint density at radius 3 is 2.65 bits per heavy atom. The number of nitriles is 1. The summed E-state index contributed by atoms with van der Waals surface area (Å²) in [6.45, 7) is 1.43. The number of aromatic nitrogens is 3. The van der Waals surface area contributed by atoms with Crippen LogP contribution in [0.25, 0.3) is 0 Å². The summed E-state index contributed by atoms with van der Waals surface area (Å²) in [6.07, 6.45) is 1.54. The summed E-state index contributed by atoms with van der Waals surface area (Å²) in [4.78, 5) is 4.12. The molecule has 0 spiro atoms. The van der Waals surface area contributed by atoms with E-state index in [0.717, 1.165) is 17.9 Å². The van der Waals surface area contributed by atoms with E-state index in [1.54, 1.807) is 11.0 Å². The third-order valence-electron chi connectivity index (χ3n) is 2.50. The van der Waals surface area contributed by atoms with Crippen molar-refractivity contribution in [1.82, 2.24) is 20.1 Å². The molecule has 17 heavy (non-hydrogen) atoms. The van der Waals surface area contributed by atoms with Crippen LogP contribution in [0.2, 0.25) is 0 Å². The highest BCUT2D eigenvalue weighted by Crippen LogP contribution is 2.03. The van der Waals surface area contributed by atoms with Crippen LogP contribution in [0.15, 0.2) is 30.6 Å². The smallest absolute Gasteiger partial charge is 0.140 e. The number of nitrogens with one attached hydrogen (secondary N) is 1. The Balaban J connectivity index is 1.86. The van der Waals surface area contributed by atoms with Crippen LogP contribution in [0, 0.1) is 11.3 Å². The van der Waals surface area contributed by atoms with Crippen molar-refractivity contribution in [3.05, 3.63) is 47.5 Å². The summed E-state index contributed by atoms with van der Waals surface area (Å²) in [5.41, 5.74) is 1.83. The fourth-order valence-electron chi connectivity index (χ4n) is 1.50. The van der Waals surface area contributed by atoms with Crippen LogP contribution in [0.3, 0.4) is 0 Å². The zero-order valence-corrected chi connectivity index (χ0v) is 9.59. The summed E-state index contributed by atoms with van der Waals surface area (Å²) in [7, 11) is 1.87. The van der Waals surface area contributed by atoms with E-state index in [4.69, 9.17) is 5.26 Å². The lowest BCUT2D eigenvalue weighted by Crippen LogP contribution is -2.16. The average molecular weight is 227 g/mol. The Bertz CT molecular complexity index is 521. The second-order valence-corrected chi connectivity index (χ2v) is 3.71. The Morgan fingerprint density at radius 2 is 2.06 bits per heavy atom. The highest BCUT2D eigenvalue weighted by molar-refractivity contribution is 5.31. The van der Waals surface area contributed by atoms with Gasteiger partial charge in [0.15, 0.2) is 0 Å². The minimum atomic E-state index is 0.677. The van der Waals surface area contributed by atoms with Crippen molar-refractivity contribution in [1.29, 1.82) is 5.26 Å². The van der Waals surface area contributed by atoms with E-state index < -0.39 is 0 Å². The normalized spacial score (nSPS) is 10.1. The molecule has 5 nitrogen and oxygen atoms in total. The maximum atomic E-state index is 8.68. The van der Waals surface area contributed by atoms with E-state index in [1.165, 1.54) is 0 Å². The minimum Gasteiger partial charge on any atom is -0.306 e. The second-order valence-electron chi connectivity index (χ2n) is 3.71. The lowest BCUT2D eigenvalue weighted by atomic mass is 10.1. The van der Waals surface area contributed by atoms with Crippen LogP contribution in [0.4, 0.5) is 0 Å². The summed E-state index contributed by atoms with van der Waals surface area (Å²) in [5, 5.41) is 15.9. The maximum absolute atomic E-state index is 8.68. The number of rotatable bonds is 4. The van der Waals surface area contributed by atoms with Gasteiger partial charge in [-0.1, -0.05) is 12.1 Å². The molecule has 0 unspecified atom stereocenters. The molecule has 0 radical (unpaired) electrons. The summed E-state index contributed by atoms with van der Waals surface area (Å²) in [5.74, 6) is 0.902. The molecular formula is C12H13N5. The molecule has 0 fully saturated rings. The van der Waals surface area contributed by atoms with Gasteiger partial charge in [0.2, 0.25) is 0 Å². The molecule has 1 heterocycles. The van der Waals surface area contributed by atoms with Crippen molar-refractivity contribution in [3.63, 3.8) is 0 Å². The first-order valence-electron chi connectivity index (χ1n) is 5.32. The third kappa shape index (κ3) is 2.89. The topological polar surface area (TPSA) is 66.5 Å². The van der Waals surface area contributed by atoms with E-state index in [2.05, 4.69) is 21.5 Å². The summed E-state index contributed by atoms with van der Waals surface area (Å²) in [6, 6.07) is 9.63. The second kappa shape index (κ2) is 5.23. The average Bonchev–Trinajstić information content (AvgIpc) is 2.76. The van der Waals surface area contributed by atoms with Crippen LogP contribution in [-0.4, -0.2) is 14.8 Å². The fourth-order valence-corrected chi connectivity index (χ4v) is 1.50. The predicted octanol–water partition coefficient (Wildman–Crippen LogP) is 0.977. The molecule has 2 rings (SSSR count). The molecule has 0 bridgehead atoms. The van der Waals surface area contributed by atoms with E-state index in [0.29, 0.717) is 12.1 Å². The van der Waals surface area contributed by atoms with Gasteiger partial charge < -0.3 is 5.32 Å². The van der Waals surface area contributed by atoms with Crippen molar-refractivity contribution in [3.8, 4) is 6.07 Å². The van der Waals surface area contributed by atoms with Gasteiger partial charge in [0.1, 0.15) is 12.2 Å². The fraction of sp³-hybridized carbons (Fsp3) is 0.250. The first-order valence-corrected chi connectivity index (χ1v) is 5.32. The molecule has 1 aromatic heterocycles. The molecule has 0 aliphatic heterocycles. The van der Waals surface area contributed by atoms with Gasteiger partial charge >= 0.3 is 0 Å². The molecule has 86 valence electrons. The highest BCUT2D eigenvalue weighted by Gasteiger charge is 1.99. The lowest BCUT2D eigenvalue weighted by molar-refractivity contribution is 0.614. The Morgan fingerprint density at radius 1 is 1.29 bits per heavy atom. The van der Waals surface area contributed by atoms with Crippen LogP contribution < -0.4 is 5.32 Å². The largest absolute Gasteiger partial charge is 0.306 e. The van der Waals surface area contributed by atoms with Crippen molar-refractivity contribution in [2.24, 2.45) is 7.05 Å². The van der Waals surface area contributed by atoms with E-state index >= 15 is 0 Å². The number of nitrogens with zero attached hydrogens (tertiary/aromatic N) is 4. The standard InChI is InChI=1S/C12H13N5/c1-17-12(15-9-16-17)8-14-7-11-4-2-10(6-13)3-5-11/h2-5,9,14H,7-8H2,1H3. The van der Waals surface area contributed by atoms with Crippen LogP contribution in [0.1, 0.15) is 17.0 Å². The summed E-state index contributed by atoms with van der Waals surface area (Å²) < 4.78 is 1.74. The highest BCUT2D eigenvalue weighted by atomic mass is 15.3. The van der Waals surface area contributed by atoms with Gasteiger partial charge in [0, 0.05) is 13.6 Å². The molecule has 0 saturated carbocycles. The number of aryl methyl sites for hydroxylation is 1. The monoisotopic (exact) mass is 227 g/mol. The SMILES string of the molecule is Cn1ncnc1CNCc1ccc(C#N)cc1. The molecule has 0 amide bonds. The van der Waals surface area contributed by atoms with Crippen LogP contribution in [-0.2, 0) is 20.1 Å². The van der Waals surface area contributed by atoms with E-state index in [1.807, 2.05) is 31.3 Å². The molecule has 2 aromatic rings. The van der Waals surface area contributed by atoms with Crippen LogP contribution >= 0.6 is 0 Å². The van der Waals surface area contributed by atoms with Crippen molar-refractivity contribution >= 4 is 0 Å².